The molecule has 92 valence electrons. The van der Waals surface area contributed by atoms with Crippen molar-refractivity contribution in [1.29, 1.82) is 5.26 Å². The van der Waals surface area contributed by atoms with Crippen LogP contribution in [0.5, 0.6) is 0 Å². The van der Waals surface area contributed by atoms with Gasteiger partial charge in [0.05, 0.1) is 23.1 Å². The van der Waals surface area contributed by atoms with E-state index in [0.29, 0.717) is 12.1 Å². The second kappa shape index (κ2) is 4.92. The molecule has 0 bridgehead atoms. The topological polar surface area (TPSA) is 59.9 Å². The lowest BCUT2D eigenvalue weighted by Crippen LogP contribution is -2.30. The first-order valence-corrected chi connectivity index (χ1v) is 5.84. The highest BCUT2D eigenvalue weighted by molar-refractivity contribution is 6.05. The Labute approximate surface area is 106 Å². The van der Waals surface area contributed by atoms with Gasteiger partial charge in [-0.25, -0.2) is 0 Å². The molecule has 0 aliphatic heterocycles. The van der Waals surface area contributed by atoms with Crippen molar-refractivity contribution in [3.63, 3.8) is 0 Å². The molecule has 1 aromatic carbocycles. The maximum Gasteiger partial charge on any atom is 0.255 e. The Bertz CT molecular complexity index is 609. The van der Waals surface area contributed by atoms with Crippen LogP contribution in [0.4, 0.5) is 0 Å². The molecular formula is C14H15N3O. The second-order valence-corrected chi connectivity index (χ2v) is 4.46. The fraction of sp³-hybridized carbons (Fsp3) is 0.286. The van der Waals surface area contributed by atoms with Gasteiger partial charge in [-0.1, -0.05) is 12.1 Å². The maximum absolute atomic E-state index is 12.3. The lowest BCUT2D eigenvalue weighted by Gasteiger charge is -2.18. The minimum absolute atomic E-state index is 0.0647. The molecule has 1 N–H and O–H groups in total. The van der Waals surface area contributed by atoms with E-state index in [1.165, 1.54) is 0 Å². The molecule has 2 rings (SSSR count). The summed E-state index contributed by atoms with van der Waals surface area (Å²) in [6.07, 6.45) is 1.82. The van der Waals surface area contributed by atoms with E-state index in [1.54, 1.807) is 24.9 Å². The summed E-state index contributed by atoms with van der Waals surface area (Å²) in [5.74, 6) is -0.230. The van der Waals surface area contributed by atoms with Crippen molar-refractivity contribution in [3.8, 4) is 6.07 Å². The van der Waals surface area contributed by atoms with Crippen LogP contribution in [0.15, 0.2) is 30.5 Å². The quantitative estimate of drug-likeness (QED) is 0.897. The van der Waals surface area contributed by atoms with Gasteiger partial charge in [-0.15, -0.1) is 0 Å². The van der Waals surface area contributed by atoms with E-state index >= 15 is 0 Å². The fourth-order valence-corrected chi connectivity index (χ4v) is 2.00. The summed E-state index contributed by atoms with van der Waals surface area (Å²) in [6.45, 7) is 2.24. The number of para-hydroxylation sites is 1. The minimum atomic E-state index is -0.165. The van der Waals surface area contributed by atoms with Crippen molar-refractivity contribution in [3.05, 3.63) is 36.0 Å². The van der Waals surface area contributed by atoms with Crippen LogP contribution in [0, 0.1) is 17.2 Å². The third kappa shape index (κ3) is 2.21. The van der Waals surface area contributed by atoms with E-state index in [-0.39, 0.29) is 11.8 Å². The monoisotopic (exact) mass is 241 g/mol. The molecule has 4 nitrogen and oxygen atoms in total. The zero-order valence-electron chi connectivity index (χ0n) is 10.5. The van der Waals surface area contributed by atoms with E-state index < -0.39 is 0 Å². The number of nitrogens with zero attached hydrogens (tertiary/aromatic N) is 2. The van der Waals surface area contributed by atoms with Crippen molar-refractivity contribution >= 4 is 16.8 Å². The normalized spacial score (nSPS) is 12.1. The van der Waals surface area contributed by atoms with E-state index in [1.807, 2.05) is 24.4 Å². The predicted molar refractivity (Wildman–Crippen MR) is 70.0 cm³/mol. The number of aromatic amines is 1. The average Bonchev–Trinajstić information content (AvgIpc) is 2.85. The molecule has 1 unspecified atom stereocenters. The number of nitriles is 1. The SMILES string of the molecule is CC(C#N)CN(C)C(=O)c1cccc2cc[nH]c12. The van der Waals surface area contributed by atoms with Gasteiger partial charge in [0.1, 0.15) is 0 Å². The Morgan fingerprint density at radius 3 is 3.00 bits per heavy atom. The van der Waals surface area contributed by atoms with Gasteiger partial charge < -0.3 is 9.88 Å². The largest absolute Gasteiger partial charge is 0.361 e. The summed E-state index contributed by atoms with van der Waals surface area (Å²) in [6, 6.07) is 9.69. The number of hydrogen-bond donors (Lipinski definition) is 1. The Balaban J connectivity index is 2.29. The molecular weight excluding hydrogens is 226 g/mol. The summed E-state index contributed by atoms with van der Waals surface area (Å²) in [5.41, 5.74) is 1.49. The summed E-state index contributed by atoms with van der Waals surface area (Å²) < 4.78 is 0. The molecule has 18 heavy (non-hydrogen) atoms. The van der Waals surface area contributed by atoms with Gasteiger partial charge in [0.25, 0.3) is 5.91 Å². The molecule has 1 heterocycles. The van der Waals surface area contributed by atoms with Crippen LogP contribution in [0.1, 0.15) is 17.3 Å². The first-order valence-electron chi connectivity index (χ1n) is 5.84. The van der Waals surface area contributed by atoms with Crippen molar-refractivity contribution in [1.82, 2.24) is 9.88 Å². The third-order valence-electron chi connectivity index (χ3n) is 2.93. The van der Waals surface area contributed by atoms with E-state index in [0.717, 1.165) is 10.9 Å². The van der Waals surface area contributed by atoms with Crippen LogP contribution in [-0.2, 0) is 0 Å². The standard InChI is InChI=1S/C14H15N3O/c1-10(8-15)9-17(2)14(18)12-5-3-4-11-6-7-16-13(11)12/h3-7,10,16H,9H2,1-2H3. The molecule has 1 aromatic heterocycles. The Morgan fingerprint density at radius 2 is 2.28 bits per heavy atom. The number of amides is 1. The lowest BCUT2D eigenvalue weighted by molar-refractivity contribution is 0.0787. The van der Waals surface area contributed by atoms with Crippen molar-refractivity contribution in [2.45, 2.75) is 6.92 Å². The molecule has 2 aromatic rings. The van der Waals surface area contributed by atoms with Crippen LogP contribution in [0.25, 0.3) is 10.9 Å². The molecule has 0 aliphatic rings. The molecule has 0 saturated carbocycles. The summed E-state index contributed by atoms with van der Waals surface area (Å²) in [4.78, 5) is 17.0. The molecule has 0 radical (unpaired) electrons. The summed E-state index contributed by atoms with van der Waals surface area (Å²) in [7, 11) is 1.72. The first kappa shape index (κ1) is 12.2. The van der Waals surface area contributed by atoms with Gasteiger partial charge in [0.15, 0.2) is 0 Å². The minimum Gasteiger partial charge on any atom is -0.361 e. The van der Waals surface area contributed by atoms with Crippen molar-refractivity contribution < 1.29 is 4.79 Å². The average molecular weight is 241 g/mol. The van der Waals surface area contributed by atoms with Gasteiger partial charge in [0, 0.05) is 25.2 Å². The number of benzene rings is 1. The van der Waals surface area contributed by atoms with E-state index in [9.17, 15) is 4.79 Å². The Morgan fingerprint density at radius 1 is 1.50 bits per heavy atom. The van der Waals surface area contributed by atoms with Crippen LogP contribution in [0.3, 0.4) is 0 Å². The molecule has 0 aliphatic carbocycles. The van der Waals surface area contributed by atoms with Gasteiger partial charge >= 0.3 is 0 Å². The first-order chi connectivity index (χ1) is 8.63. The molecule has 4 heteroatoms. The highest BCUT2D eigenvalue weighted by atomic mass is 16.2. The second-order valence-electron chi connectivity index (χ2n) is 4.46. The number of carbonyl (C=O) groups is 1. The van der Waals surface area contributed by atoms with Crippen LogP contribution in [-0.4, -0.2) is 29.4 Å². The number of rotatable bonds is 3. The number of hydrogen-bond acceptors (Lipinski definition) is 2. The fourth-order valence-electron chi connectivity index (χ4n) is 2.00. The van der Waals surface area contributed by atoms with Crippen molar-refractivity contribution in [2.75, 3.05) is 13.6 Å². The highest BCUT2D eigenvalue weighted by Gasteiger charge is 2.16. The van der Waals surface area contributed by atoms with Crippen LogP contribution < -0.4 is 0 Å². The molecule has 0 spiro atoms. The number of carbonyl (C=O) groups excluding carboxylic acids is 1. The zero-order chi connectivity index (χ0) is 13.1. The number of nitrogens with one attached hydrogen (secondary N) is 1. The number of H-pyrrole nitrogens is 1. The maximum atomic E-state index is 12.3. The van der Waals surface area contributed by atoms with Gasteiger partial charge in [-0.3, -0.25) is 4.79 Å². The van der Waals surface area contributed by atoms with Crippen molar-refractivity contribution in [2.24, 2.45) is 5.92 Å². The molecule has 0 saturated heterocycles. The summed E-state index contributed by atoms with van der Waals surface area (Å²) in [5, 5.41) is 9.80. The Hall–Kier alpha value is -2.28. The van der Waals surface area contributed by atoms with Gasteiger partial charge in [-0.2, -0.15) is 5.26 Å². The molecule has 1 amide bonds. The van der Waals surface area contributed by atoms with E-state index in [4.69, 9.17) is 5.26 Å². The van der Waals surface area contributed by atoms with Crippen LogP contribution in [0.2, 0.25) is 0 Å². The molecule has 1 atom stereocenters. The Kier molecular flexibility index (Phi) is 3.33. The zero-order valence-corrected chi connectivity index (χ0v) is 10.5. The predicted octanol–water partition coefficient (Wildman–Crippen LogP) is 2.40. The smallest absolute Gasteiger partial charge is 0.255 e. The van der Waals surface area contributed by atoms with Crippen LogP contribution >= 0.6 is 0 Å². The highest BCUT2D eigenvalue weighted by Crippen LogP contribution is 2.18. The van der Waals surface area contributed by atoms with Gasteiger partial charge in [-0.05, 0) is 19.1 Å². The number of fused-ring (bicyclic) bond motifs is 1. The molecule has 0 fully saturated rings. The number of aromatic nitrogens is 1. The summed E-state index contributed by atoms with van der Waals surface area (Å²) >= 11 is 0. The van der Waals surface area contributed by atoms with E-state index in [2.05, 4.69) is 11.1 Å². The van der Waals surface area contributed by atoms with Gasteiger partial charge in [0.2, 0.25) is 0 Å². The third-order valence-corrected chi connectivity index (χ3v) is 2.93. The lowest BCUT2D eigenvalue weighted by atomic mass is 10.1.